The van der Waals surface area contributed by atoms with Crippen LogP contribution in [0.1, 0.15) is 6.92 Å². The van der Waals surface area contributed by atoms with Crippen LogP contribution in [0.3, 0.4) is 0 Å². The molecule has 4 aromatic rings. The molecule has 8 heteroatoms. The lowest BCUT2D eigenvalue weighted by atomic mass is 10.2. The van der Waals surface area contributed by atoms with Gasteiger partial charge in [-0.3, -0.25) is 0 Å². The molecule has 0 aliphatic heterocycles. The van der Waals surface area contributed by atoms with Gasteiger partial charge < -0.3 is 14.4 Å². The summed E-state index contributed by atoms with van der Waals surface area (Å²) in [5.41, 5.74) is 1.99. The van der Waals surface area contributed by atoms with Crippen LogP contribution in [0.15, 0.2) is 71.6 Å². The standard InChI is InChI=1S/C24H25ClN2O4S/c1-3-26(32(29,30)24-14-17(25)12-13-23(24)31-2)15-18(28)16-27-21-10-6-4-8-19(21)20-9-5-7-11-22(20)27/h4-14,18,28H,3,15-16H2,1-2H3/t18-/m1/s1. The molecule has 0 aliphatic rings. The zero-order valence-corrected chi connectivity index (χ0v) is 19.5. The van der Waals surface area contributed by atoms with E-state index in [0.29, 0.717) is 5.02 Å². The molecule has 1 atom stereocenters. The van der Waals surface area contributed by atoms with Gasteiger partial charge in [0.2, 0.25) is 10.0 Å². The van der Waals surface area contributed by atoms with E-state index in [-0.39, 0.29) is 30.3 Å². The molecule has 1 heterocycles. The maximum absolute atomic E-state index is 13.3. The summed E-state index contributed by atoms with van der Waals surface area (Å²) in [5, 5.41) is 13.4. The summed E-state index contributed by atoms with van der Waals surface area (Å²) in [6.07, 6.45) is -0.922. The molecule has 0 amide bonds. The van der Waals surface area contributed by atoms with Gasteiger partial charge in [-0.2, -0.15) is 4.31 Å². The number of aliphatic hydroxyl groups is 1. The SMILES string of the molecule is CCN(C[C@@H](O)Cn1c2ccccc2c2ccccc21)S(=O)(=O)c1cc(Cl)ccc1OC. The number of para-hydroxylation sites is 2. The quantitative estimate of drug-likeness (QED) is 0.409. The lowest BCUT2D eigenvalue weighted by Gasteiger charge is -2.25. The third-order valence-corrected chi connectivity index (χ3v) is 7.78. The van der Waals surface area contributed by atoms with E-state index in [1.54, 1.807) is 13.0 Å². The monoisotopic (exact) mass is 472 g/mol. The lowest BCUT2D eigenvalue weighted by molar-refractivity contribution is 0.131. The van der Waals surface area contributed by atoms with E-state index >= 15 is 0 Å². The van der Waals surface area contributed by atoms with Crippen molar-refractivity contribution in [2.45, 2.75) is 24.5 Å². The number of ether oxygens (including phenoxy) is 1. The average Bonchev–Trinajstić information content (AvgIpc) is 3.11. The third kappa shape index (κ3) is 4.09. The number of sulfonamides is 1. The second kappa shape index (κ2) is 9.11. The van der Waals surface area contributed by atoms with Crippen molar-refractivity contribution in [3.05, 3.63) is 71.8 Å². The normalized spacial score (nSPS) is 13.2. The van der Waals surface area contributed by atoms with Gasteiger partial charge >= 0.3 is 0 Å². The van der Waals surface area contributed by atoms with Crippen LogP contribution in [0.25, 0.3) is 21.8 Å². The third-order valence-electron chi connectivity index (χ3n) is 5.58. The number of hydrogen-bond donors (Lipinski definition) is 1. The highest BCUT2D eigenvalue weighted by atomic mass is 35.5. The minimum atomic E-state index is -3.92. The second-order valence-corrected chi connectivity index (χ2v) is 9.89. The number of halogens is 1. The molecule has 0 spiro atoms. The Kier molecular flexibility index (Phi) is 6.44. The average molecular weight is 473 g/mol. The maximum atomic E-state index is 13.3. The second-order valence-electron chi connectivity index (χ2n) is 7.55. The Morgan fingerprint density at radius 3 is 2.19 bits per heavy atom. The predicted octanol–water partition coefficient (Wildman–Crippen LogP) is 4.53. The summed E-state index contributed by atoms with van der Waals surface area (Å²) >= 11 is 6.05. The first-order valence-corrected chi connectivity index (χ1v) is 12.2. The van der Waals surface area contributed by atoms with Gasteiger partial charge in [-0.25, -0.2) is 8.42 Å². The van der Waals surface area contributed by atoms with Crippen molar-refractivity contribution < 1.29 is 18.3 Å². The lowest BCUT2D eigenvalue weighted by Crippen LogP contribution is -2.39. The van der Waals surface area contributed by atoms with Crippen LogP contribution in [0.4, 0.5) is 0 Å². The molecule has 32 heavy (non-hydrogen) atoms. The van der Waals surface area contributed by atoms with Gasteiger partial charge in [-0.05, 0) is 30.3 Å². The summed E-state index contributed by atoms with van der Waals surface area (Å²) in [4.78, 5) is -0.0154. The highest BCUT2D eigenvalue weighted by Gasteiger charge is 2.29. The Morgan fingerprint density at radius 2 is 1.62 bits per heavy atom. The number of likely N-dealkylation sites (N-methyl/N-ethyl adjacent to an activating group) is 1. The smallest absolute Gasteiger partial charge is 0.246 e. The molecule has 1 aromatic heterocycles. The number of rotatable bonds is 8. The van der Waals surface area contributed by atoms with Crippen molar-refractivity contribution in [1.29, 1.82) is 0 Å². The minimum Gasteiger partial charge on any atom is -0.495 e. The Morgan fingerprint density at radius 1 is 1.03 bits per heavy atom. The highest BCUT2D eigenvalue weighted by Crippen LogP contribution is 2.31. The number of methoxy groups -OCH3 is 1. The molecule has 0 aliphatic carbocycles. The van der Waals surface area contributed by atoms with Crippen LogP contribution in [0.5, 0.6) is 5.75 Å². The van der Waals surface area contributed by atoms with Crippen molar-refractivity contribution in [3.63, 3.8) is 0 Å². The summed E-state index contributed by atoms with van der Waals surface area (Å²) in [7, 11) is -2.51. The molecular formula is C24H25ClN2O4S. The van der Waals surface area contributed by atoms with Gasteiger partial charge in [-0.15, -0.1) is 0 Å². The topological polar surface area (TPSA) is 71.8 Å². The van der Waals surface area contributed by atoms with Crippen LogP contribution >= 0.6 is 11.6 Å². The molecule has 4 rings (SSSR count). The summed E-state index contributed by atoms with van der Waals surface area (Å²) < 4.78 is 35.2. The van der Waals surface area contributed by atoms with E-state index in [1.165, 1.54) is 23.5 Å². The maximum Gasteiger partial charge on any atom is 0.246 e. The van der Waals surface area contributed by atoms with E-state index in [9.17, 15) is 13.5 Å². The number of nitrogens with zero attached hydrogens (tertiary/aromatic N) is 2. The minimum absolute atomic E-state index is 0.0154. The molecule has 6 nitrogen and oxygen atoms in total. The van der Waals surface area contributed by atoms with Gasteiger partial charge in [0.05, 0.1) is 19.8 Å². The van der Waals surface area contributed by atoms with Crippen molar-refractivity contribution >= 4 is 43.4 Å². The van der Waals surface area contributed by atoms with Crippen molar-refractivity contribution in [1.82, 2.24) is 8.87 Å². The largest absolute Gasteiger partial charge is 0.495 e. The Hall–Kier alpha value is -2.58. The van der Waals surface area contributed by atoms with Gasteiger partial charge in [-0.1, -0.05) is 54.9 Å². The van der Waals surface area contributed by atoms with Gasteiger partial charge in [0.1, 0.15) is 10.6 Å². The van der Waals surface area contributed by atoms with Crippen molar-refractivity contribution in [2.24, 2.45) is 0 Å². The molecule has 0 fully saturated rings. The molecule has 168 valence electrons. The van der Waals surface area contributed by atoms with Crippen LogP contribution in [-0.4, -0.2) is 48.7 Å². The Bertz CT molecular complexity index is 1310. The number of aliphatic hydroxyl groups excluding tert-OH is 1. The number of hydrogen-bond acceptors (Lipinski definition) is 4. The fourth-order valence-corrected chi connectivity index (χ4v) is 6.00. The van der Waals surface area contributed by atoms with Gasteiger partial charge in [0.15, 0.2) is 0 Å². The number of fused-ring (bicyclic) bond motifs is 3. The van der Waals surface area contributed by atoms with E-state index < -0.39 is 16.1 Å². The highest BCUT2D eigenvalue weighted by molar-refractivity contribution is 7.89. The first-order chi connectivity index (χ1) is 15.4. The molecule has 0 saturated carbocycles. The Balaban J connectivity index is 1.65. The molecule has 0 radical (unpaired) electrons. The summed E-state index contributed by atoms with van der Waals surface area (Å²) in [6, 6.07) is 20.5. The predicted molar refractivity (Wildman–Crippen MR) is 128 cm³/mol. The molecular weight excluding hydrogens is 448 g/mol. The first kappa shape index (κ1) is 22.6. The zero-order chi connectivity index (χ0) is 22.9. The number of benzene rings is 3. The fourth-order valence-electron chi connectivity index (χ4n) is 4.09. The summed E-state index contributed by atoms with van der Waals surface area (Å²) in [5.74, 6) is 0.213. The fraction of sp³-hybridized carbons (Fsp3) is 0.250. The molecule has 0 unspecified atom stereocenters. The first-order valence-electron chi connectivity index (χ1n) is 10.3. The van der Waals surface area contributed by atoms with E-state index in [4.69, 9.17) is 16.3 Å². The van der Waals surface area contributed by atoms with E-state index in [1.807, 2.05) is 41.0 Å². The molecule has 0 bridgehead atoms. The van der Waals surface area contributed by atoms with Crippen molar-refractivity contribution in [2.75, 3.05) is 20.2 Å². The zero-order valence-electron chi connectivity index (χ0n) is 17.9. The summed E-state index contributed by atoms with van der Waals surface area (Å²) in [6.45, 7) is 2.13. The van der Waals surface area contributed by atoms with E-state index in [2.05, 4.69) is 12.1 Å². The van der Waals surface area contributed by atoms with Crippen LogP contribution in [-0.2, 0) is 16.6 Å². The molecule has 1 N–H and O–H groups in total. The number of aromatic nitrogens is 1. The van der Waals surface area contributed by atoms with Crippen molar-refractivity contribution in [3.8, 4) is 5.75 Å². The van der Waals surface area contributed by atoms with Crippen LogP contribution < -0.4 is 4.74 Å². The van der Waals surface area contributed by atoms with Gasteiger partial charge in [0, 0.05) is 39.9 Å². The van der Waals surface area contributed by atoms with Crippen LogP contribution in [0.2, 0.25) is 5.02 Å². The van der Waals surface area contributed by atoms with E-state index in [0.717, 1.165) is 21.8 Å². The molecule has 0 saturated heterocycles. The Labute approximate surface area is 192 Å². The van der Waals surface area contributed by atoms with Crippen LogP contribution in [0, 0.1) is 0 Å². The molecule has 3 aromatic carbocycles. The van der Waals surface area contributed by atoms with Gasteiger partial charge in [0.25, 0.3) is 0 Å².